The topological polar surface area (TPSA) is 116 Å². The number of nitrogens with two attached hydrogens (primary N) is 1. The maximum atomic E-state index is 12.3. The Labute approximate surface area is 111 Å². The van der Waals surface area contributed by atoms with E-state index >= 15 is 0 Å². The molecule has 1 heterocycles. The number of anilines is 1. The minimum Gasteiger partial charge on any atom is -0.450 e. The summed E-state index contributed by atoms with van der Waals surface area (Å²) in [6.45, 7) is 0. The van der Waals surface area contributed by atoms with Crippen LogP contribution in [0.4, 0.5) is 38.0 Å². The van der Waals surface area contributed by atoms with Gasteiger partial charge in [0.05, 0.1) is 4.92 Å². The van der Waals surface area contributed by atoms with Crippen molar-refractivity contribution in [3.8, 4) is 5.88 Å². The number of nitrogens with zero attached hydrogens (tertiary/aromatic N) is 3. The first-order chi connectivity index (χ1) is 9.46. The molecule has 3 N–H and O–H groups in total. The Bertz CT molecular complexity index is 518. The van der Waals surface area contributed by atoms with Gasteiger partial charge in [0.2, 0.25) is 5.95 Å². The van der Waals surface area contributed by atoms with Crippen LogP contribution in [-0.2, 0) is 0 Å². The SMILES string of the molecule is NNc1ncc([N+](=O)[O-])c(OC(C(F)(F)F)C(F)(F)F)n1. The first kappa shape index (κ1) is 16.7. The molecule has 0 atom stereocenters. The van der Waals surface area contributed by atoms with Crippen LogP contribution in [0.1, 0.15) is 0 Å². The first-order valence-electron chi connectivity index (χ1n) is 4.75. The van der Waals surface area contributed by atoms with E-state index < -0.39 is 40.9 Å². The molecule has 0 bridgehead atoms. The molecule has 0 amide bonds. The van der Waals surface area contributed by atoms with E-state index in [1.54, 1.807) is 5.43 Å². The summed E-state index contributed by atoms with van der Waals surface area (Å²) in [6.07, 6.45) is -15.6. The Morgan fingerprint density at radius 1 is 1.29 bits per heavy atom. The molecule has 0 saturated heterocycles. The van der Waals surface area contributed by atoms with Crippen molar-refractivity contribution in [2.45, 2.75) is 18.5 Å². The Morgan fingerprint density at radius 2 is 1.81 bits per heavy atom. The van der Waals surface area contributed by atoms with E-state index in [-0.39, 0.29) is 0 Å². The Morgan fingerprint density at radius 3 is 2.19 bits per heavy atom. The third-order valence-electron chi connectivity index (χ3n) is 1.89. The van der Waals surface area contributed by atoms with Crippen LogP contribution >= 0.6 is 0 Å². The van der Waals surface area contributed by atoms with Crippen LogP contribution in [0.25, 0.3) is 0 Å². The van der Waals surface area contributed by atoms with E-state index in [4.69, 9.17) is 5.84 Å². The van der Waals surface area contributed by atoms with Gasteiger partial charge in [0.1, 0.15) is 6.20 Å². The highest BCUT2D eigenvalue weighted by Crippen LogP contribution is 2.38. The molecule has 14 heteroatoms. The highest BCUT2D eigenvalue weighted by molar-refractivity contribution is 5.42. The Kier molecular flexibility index (Phi) is 4.40. The predicted molar refractivity (Wildman–Crippen MR) is 53.0 cm³/mol. The van der Waals surface area contributed by atoms with Crippen molar-refractivity contribution >= 4 is 11.6 Å². The predicted octanol–water partition coefficient (Wildman–Crippen LogP) is 1.54. The molecule has 0 spiro atoms. The van der Waals surface area contributed by atoms with E-state index in [1.807, 2.05) is 0 Å². The summed E-state index contributed by atoms with van der Waals surface area (Å²) in [5, 5.41) is 10.5. The number of hydrazine groups is 1. The van der Waals surface area contributed by atoms with E-state index in [0.29, 0.717) is 6.20 Å². The zero-order chi connectivity index (χ0) is 16.4. The fourth-order valence-electron chi connectivity index (χ4n) is 1.07. The van der Waals surface area contributed by atoms with E-state index in [9.17, 15) is 36.5 Å². The lowest BCUT2D eigenvalue weighted by atomic mass is 10.3. The van der Waals surface area contributed by atoms with E-state index in [2.05, 4.69) is 14.7 Å². The van der Waals surface area contributed by atoms with Crippen molar-refractivity contribution in [2.75, 3.05) is 5.43 Å². The second-order valence-corrected chi connectivity index (χ2v) is 3.37. The van der Waals surface area contributed by atoms with Crippen LogP contribution in [0.5, 0.6) is 5.88 Å². The molecular weight excluding hydrogens is 316 g/mol. The van der Waals surface area contributed by atoms with Crippen LogP contribution in [0.3, 0.4) is 0 Å². The minimum absolute atomic E-state index is 0.349. The third kappa shape index (κ3) is 4.04. The van der Waals surface area contributed by atoms with Gasteiger partial charge < -0.3 is 4.74 Å². The molecule has 0 aliphatic rings. The molecule has 0 aromatic carbocycles. The van der Waals surface area contributed by atoms with Gasteiger partial charge in [0.15, 0.2) is 0 Å². The number of nitrogens with one attached hydrogen (secondary N) is 1. The van der Waals surface area contributed by atoms with Gasteiger partial charge in [-0.25, -0.2) is 10.8 Å². The van der Waals surface area contributed by atoms with Crippen molar-refractivity contribution in [2.24, 2.45) is 5.84 Å². The van der Waals surface area contributed by atoms with Crippen molar-refractivity contribution < 1.29 is 36.0 Å². The van der Waals surface area contributed by atoms with Crippen LogP contribution in [-0.4, -0.2) is 33.3 Å². The van der Waals surface area contributed by atoms with Gasteiger partial charge in [0, 0.05) is 0 Å². The average Bonchev–Trinajstić information content (AvgIpc) is 2.32. The zero-order valence-electron chi connectivity index (χ0n) is 9.57. The molecule has 1 aromatic rings. The van der Waals surface area contributed by atoms with Gasteiger partial charge in [-0.1, -0.05) is 0 Å². The second kappa shape index (κ2) is 5.55. The molecule has 0 radical (unpaired) electrons. The fourth-order valence-corrected chi connectivity index (χ4v) is 1.07. The monoisotopic (exact) mass is 321 g/mol. The quantitative estimate of drug-likeness (QED) is 0.374. The lowest BCUT2D eigenvalue weighted by molar-refractivity contribution is -0.388. The van der Waals surface area contributed by atoms with Crippen LogP contribution in [0.2, 0.25) is 0 Å². The summed E-state index contributed by atoms with van der Waals surface area (Å²) in [5.74, 6) is 2.61. The van der Waals surface area contributed by atoms with Gasteiger partial charge >= 0.3 is 18.0 Å². The number of halogens is 6. The smallest absolute Gasteiger partial charge is 0.434 e. The van der Waals surface area contributed by atoms with Gasteiger partial charge in [-0.05, 0) is 0 Å². The molecule has 1 aromatic heterocycles. The maximum Gasteiger partial charge on any atom is 0.434 e. The highest BCUT2D eigenvalue weighted by atomic mass is 19.4. The summed E-state index contributed by atoms with van der Waals surface area (Å²) in [7, 11) is 0. The van der Waals surface area contributed by atoms with Crippen LogP contribution < -0.4 is 16.0 Å². The summed E-state index contributed by atoms with van der Waals surface area (Å²) in [5.41, 5.74) is 0.412. The van der Waals surface area contributed by atoms with Gasteiger partial charge in [-0.15, -0.1) is 0 Å². The lowest BCUT2D eigenvalue weighted by Crippen LogP contribution is -2.46. The lowest BCUT2D eigenvalue weighted by Gasteiger charge is -2.23. The number of hydrogen-bond acceptors (Lipinski definition) is 7. The van der Waals surface area contributed by atoms with Gasteiger partial charge in [-0.3, -0.25) is 15.5 Å². The fraction of sp³-hybridized carbons (Fsp3) is 0.429. The van der Waals surface area contributed by atoms with Crippen LogP contribution in [0.15, 0.2) is 6.20 Å². The number of aromatic nitrogens is 2. The summed E-state index contributed by atoms with van der Waals surface area (Å²) < 4.78 is 77.6. The summed E-state index contributed by atoms with van der Waals surface area (Å²) >= 11 is 0. The largest absolute Gasteiger partial charge is 0.450 e. The molecule has 8 nitrogen and oxygen atoms in total. The van der Waals surface area contributed by atoms with Crippen molar-refractivity contribution in [1.29, 1.82) is 0 Å². The maximum absolute atomic E-state index is 12.3. The standard InChI is InChI=1S/C7H5F6N5O3/c8-6(9,10)4(7(11,12)13)21-3-2(18(19)20)1-15-5(16-3)17-14/h1,4H,14H2,(H,15,16,17). The first-order valence-corrected chi connectivity index (χ1v) is 4.75. The van der Waals surface area contributed by atoms with Crippen LogP contribution in [0, 0.1) is 10.1 Å². The molecule has 118 valence electrons. The number of ether oxygens (including phenoxy) is 1. The number of nitro groups is 1. The number of alkyl halides is 6. The summed E-state index contributed by atoms with van der Waals surface area (Å²) in [4.78, 5) is 15.4. The summed E-state index contributed by atoms with van der Waals surface area (Å²) in [6, 6.07) is 0. The number of rotatable bonds is 4. The van der Waals surface area contributed by atoms with E-state index in [1.165, 1.54) is 0 Å². The highest BCUT2D eigenvalue weighted by Gasteiger charge is 2.59. The molecule has 1 rings (SSSR count). The molecule has 21 heavy (non-hydrogen) atoms. The molecule has 0 unspecified atom stereocenters. The average molecular weight is 321 g/mol. The zero-order valence-corrected chi connectivity index (χ0v) is 9.57. The Hall–Kier alpha value is -2.38. The van der Waals surface area contributed by atoms with Crippen molar-refractivity contribution in [3.63, 3.8) is 0 Å². The third-order valence-corrected chi connectivity index (χ3v) is 1.89. The normalized spacial score (nSPS) is 12.4. The molecule has 0 aliphatic heterocycles. The molecular formula is C7H5F6N5O3. The molecule has 0 saturated carbocycles. The van der Waals surface area contributed by atoms with Crippen molar-refractivity contribution in [3.05, 3.63) is 16.3 Å². The molecule has 0 aliphatic carbocycles. The second-order valence-electron chi connectivity index (χ2n) is 3.37. The molecule has 0 fully saturated rings. The minimum atomic E-state index is -5.85. The Balaban J connectivity index is 3.28. The van der Waals surface area contributed by atoms with Crippen molar-refractivity contribution in [1.82, 2.24) is 9.97 Å². The van der Waals surface area contributed by atoms with Gasteiger partial charge in [0.25, 0.3) is 12.0 Å². The number of hydrogen-bond donors (Lipinski definition) is 2. The van der Waals surface area contributed by atoms with E-state index in [0.717, 1.165) is 0 Å². The number of nitrogen functional groups attached to an aromatic ring is 1. The van der Waals surface area contributed by atoms with Gasteiger partial charge in [-0.2, -0.15) is 31.3 Å².